The lowest BCUT2D eigenvalue weighted by atomic mass is 10.3. The average Bonchev–Trinajstić information content (AvgIpc) is 1.82. The molecule has 0 spiro atoms. The van der Waals surface area contributed by atoms with Crippen molar-refractivity contribution in [1.82, 2.24) is 0 Å². The Labute approximate surface area is 64.4 Å². The predicted octanol–water partition coefficient (Wildman–Crippen LogP) is -0.954. The largest absolute Gasteiger partial charge is 0.469 e. The van der Waals surface area contributed by atoms with Crippen molar-refractivity contribution in [3.05, 3.63) is 0 Å². The summed E-state index contributed by atoms with van der Waals surface area (Å²) in [6.07, 6.45) is -1.84. The number of phosphoric ester groups is 1. The van der Waals surface area contributed by atoms with Gasteiger partial charge in [0, 0.05) is 0 Å². The van der Waals surface area contributed by atoms with E-state index in [0.717, 1.165) is 6.92 Å². The highest BCUT2D eigenvalue weighted by Crippen LogP contribution is 2.35. The maximum Gasteiger partial charge on any atom is 0.469 e. The summed E-state index contributed by atoms with van der Waals surface area (Å²) in [6, 6.07) is 0. The molecule has 0 aliphatic heterocycles. The molecule has 0 aliphatic rings. The molecule has 0 amide bonds. The Morgan fingerprint density at radius 1 is 1.82 bits per heavy atom. The summed E-state index contributed by atoms with van der Waals surface area (Å²) in [5, 5.41) is 8.75. The molecule has 0 saturated carbocycles. The van der Waals surface area contributed by atoms with Crippen molar-refractivity contribution in [2.24, 2.45) is 0 Å². The van der Waals surface area contributed by atoms with Crippen molar-refractivity contribution >= 4 is 13.6 Å². The van der Waals surface area contributed by atoms with E-state index in [4.69, 9.17) is 16.3 Å². The van der Waals surface area contributed by atoms with Gasteiger partial charge in [-0.1, -0.05) is 0 Å². The van der Waals surface area contributed by atoms with E-state index >= 15 is 0 Å². The third kappa shape index (κ3) is 6.15. The van der Waals surface area contributed by atoms with Gasteiger partial charge in [-0.3, -0.25) is 9.32 Å². The van der Waals surface area contributed by atoms with Crippen LogP contribution in [0.5, 0.6) is 0 Å². The molecule has 0 aromatic rings. The molecule has 66 valence electrons. The van der Waals surface area contributed by atoms with E-state index in [2.05, 4.69) is 4.52 Å². The molecule has 0 aromatic carbocycles. The van der Waals surface area contributed by atoms with Gasteiger partial charge >= 0.3 is 7.82 Å². The van der Waals surface area contributed by atoms with Crippen LogP contribution < -0.4 is 0 Å². The van der Waals surface area contributed by atoms with Gasteiger partial charge in [0.1, 0.15) is 6.10 Å². The first-order valence-electron chi connectivity index (χ1n) is 3.16. The van der Waals surface area contributed by atoms with Gasteiger partial charge in [0.2, 0.25) is 0 Å². The molecule has 3 N–H and O–H groups in total. The third-order valence-corrected chi connectivity index (χ3v) is 1.14. The van der Waals surface area contributed by atoms with Gasteiger partial charge in [0.15, 0.2) is 5.78 Å². The number of phosphoric acid groups is 1. The van der Waals surface area contributed by atoms with Crippen molar-refractivity contribution in [2.45, 2.75) is 13.0 Å². The Morgan fingerprint density at radius 3 is 2.55 bits per heavy atom. The van der Waals surface area contributed by atoms with Gasteiger partial charge < -0.3 is 14.9 Å². The van der Waals surface area contributed by atoms with Crippen molar-refractivity contribution in [2.75, 3.05) is 6.58 Å². The smallest absolute Gasteiger partial charge is 0.383 e. The molecule has 0 heterocycles. The molecular weight excluding hydrogens is 175 g/mol. The summed E-state index contributed by atoms with van der Waals surface area (Å²) in [6.45, 7) is -0.974. The summed E-state index contributed by atoms with van der Waals surface area (Å²) in [5.74, 6) is -0.788. The van der Waals surface area contributed by atoms with Crippen LogP contribution in [-0.4, -0.2) is 33.4 Å². The monoisotopic (exact) mass is 185 g/mol. The highest BCUT2D eigenvalue weighted by atomic mass is 31.2. The number of carbonyl (C=O) groups excluding carboxylic acids is 1. The van der Waals surface area contributed by atoms with Crippen LogP contribution >= 0.6 is 7.82 Å². The maximum atomic E-state index is 10.4. The number of aliphatic hydroxyl groups is 1. The first kappa shape index (κ1) is 8.83. The first-order chi connectivity index (χ1) is 5.24. The molecule has 0 radical (unpaired) electrons. The van der Waals surface area contributed by atoms with Gasteiger partial charge in [0.25, 0.3) is 0 Å². The normalized spacial score (nSPS) is 18.7. The molecule has 6 nitrogen and oxygen atoms in total. The van der Waals surface area contributed by atoms with Crippen molar-refractivity contribution in [3.8, 4) is 0 Å². The standard InChI is InChI=1S/C4H9O6P/c1-3(5)4(6)2-10-11(7,8)9/h4,6H,2H2,1H3,(H2,7,8,9)/t4-/m0/s1/i2D/t2-,4-. The molecule has 0 fully saturated rings. The zero-order valence-corrected chi connectivity index (χ0v) is 6.56. The molecule has 7 heteroatoms. The fourth-order valence-electron chi connectivity index (χ4n) is 0.233. The molecule has 0 saturated heterocycles. The second-order valence-electron chi connectivity index (χ2n) is 1.79. The lowest BCUT2D eigenvalue weighted by molar-refractivity contribution is -0.126. The Balaban J connectivity index is 4.13. The fraction of sp³-hybridized carbons (Fsp3) is 0.750. The Hall–Kier alpha value is -0.260. The van der Waals surface area contributed by atoms with Gasteiger partial charge in [-0.05, 0) is 6.92 Å². The van der Waals surface area contributed by atoms with E-state index in [0.29, 0.717) is 0 Å². The van der Waals surface area contributed by atoms with Crippen molar-refractivity contribution in [1.29, 1.82) is 0 Å². The van der Waals surface area contributed by atoms with E-state index in [1.807, 2.05) is 0 Å². The summed E-state index contributed by atoms with van der Waals surface area (Å²) in [4.78, 5) is 26.7. The predicted molar refractivity (Wildman–Crippen MR) is 34.7 cm³/mol. The van der Waals surface area contributed by atoms with Crippen LogP contribution in [0.15, 0.2) is 0 Å². The summed E-state index contributed by atoms with van der Waals surface area (Å²) < 4.78 is 20.6. The van der Waals surface area contributed by atoms with E-state index in [9.17, 15) is 9.36 Å². The third-order valence-electron chi connectivity index (χ3n) is 0.744. The fourth-order valence-corrected chi connectivity index (χ4v) is 0.507. The SMILES string of the molecule is [2H][C@H](OP(=O)(O)O)[C@H](O)C(C)=O. The number of aliphatic hydroxyl groups excluding tert-OH is 1. The zero-order valence-electron chi connectivity index (χ0n) is 6.67. The van der Waals surface area contributed by atoms with Crippen LogP contribution in [0.25, 0.3) is 0 Å². The molecule has 0 aromatic heterocycles. The van der Waals surface area contributed by atoms with Crippen molar-refractivity contribution in [3.63, 3.8) is 0 Å². The quantitative estimate of drug-likeness (QED) is 0.487. The minimum Gasteiger partial charge on any atom is -0.383 e. The molecule has 0 aliphatic carbocycles. The second-order valence-corrected chi connectivity index (χ2v) is 2.98. The Bertz CT molecular complexity index is 212. The van der Waals surface area contributed by atoms with Crippen LogP contribution in [0.4, 0.5) is 0 Å². The highest BCUT2D eigenvalue weighted by Gasteiger charge is 2.18. The number of hydrogen-bond donors (Lipinski definition) is 3. The van der Waals surface area contributed by atoms with Crippen molar-refractivity contribution < 1.29 is 30.1 Å². The lowest BCUT2D eigenvalue weighted by Crippen LogP contribution is -2.22. The zero-order chi connectivity index (χ0) is 9.94. The topological polar surface area (TPSA) is 104 Å². The van der Waals surface area contributed by atoms with Crippen LogP contribution in [0.1, 0.15) is 8.29 Å². The summed E-state index contributed by atoms with van der Waals surface area (Å²) in [7, 11) is -4.82. The number of hydrogen-bond acceptors (Lipinski definition) is 4. The van der Waals surface area contributed by atoms with Gasteiger partial charge in [0.05, 0.1) is 7.95 Å². The summed E-state index contributed by atoms with van der Waals surface area (Å²) >= 11 is 0. The Morgan fingerprint density at radius 2 is 2.27 bits per heavy atom. The second kappa shape index (κ2) is 3.94. The van der Waals surface area contributed by atoms with E-state index < -0.39 is 26.3 Å². The highest BCUT2D eigenvalue weighted by molar-refractivity contribution is 7.46. The molecular formula is C4H9O6P. The molecule has 0 rings (SSSR count). The number of ketones is 1. The Kier molecular flexibility index (Phi) is 3.16. The van der Waals surface area contributed by atoms with Crippen LogP contribution in [0.2, 0.25) is 0 Å². The molecule has 0 unspecified atom stereocenters. The van der Waals surface area contributed by atoms with Gasteiger partial charge in [-0.25, -0.2) is 4.57 Å². The van der Waals surface area contributed by atoms with E-state index in [-0.39, 0.29) is 0 Å². The lowest BCUT2D eigenvalue weighted by Gasteiger charge is -2.07. The molecule has 0 bridgehead atoms. The van der Waals surface area contributed by atoms with Crippen LogP contribution in [-0.2, 0) is 13.9 Å². The van der Waals surface area contributed by atoms with E-state index in [1.54, 1.807) is 0 Å². The molecule has 2 atom stereocenters. The van der Waals surface area contributed by atoms with Crippen LogP contribution in [0, 0.1) is 0 Å². The average molecular weight is 185 g/mol. The van der Waals surface area contributed by atoms with Gasteiger partial charge in [-0.15, -0.1) is 0 Å². The minimum atomic E-state index is -4.82. The van der Waals surface area contributed by atoms with Gasteiger partial charge in [-0.2, -0.15) is 0 Å². The van der Waals surface area contributed by atoms with E-state index in [1.165, 1.54) is 0 Å². The number of rotatable bonds is 4. The minimum absolute atomic E-state index is 0.788. The molecule has 11 heavy (non-hydrogen) atoms. The number of carbonyl (C=O) groups is 1. The first-order valence-corrected chi connectivity index (χ1v) is 4.12. The maximum absolute atomic E-state index is 10.4. The summed E-state index contributed by atoms with van der Waals surface area (Å²) in [5.41, 5.74) is 0. The van der Waals surface area contributed by atoms with Crippen LogP contribution in [0.3, 0.4) is 0 Å². The number of Topliss-reactive ketones (excluding diaryl/α,β-unsaturated/α-hetero) is 1.